The van der Waals surface area contributed by atoms with Crippen LogP contribution in [0.1, 0.15) is 5.48 Å². The van der Waals surface area contributed by atoms with E-state index in [2.05, 4.69) is 168 Å². The minimum atomic E-state index is -0.655. The van der Waals surface area contributed by atoms with Crippen LogP contribution in [0.4, 0.5) is 34.1 Å². The number of para-hydroxylation sites is 2. The van der Waals surface area contributed by atoms with Crippen LogP contribution in [0.3, 0.4) is 0 Å². The molecule has 0 amide bonds. The van der Waals surface area contributed by atoms with E-state index in [1.165, 1.54) is 16.2 Å². The Hall–Kier alpha value is -7.82. The molecule has 0 aliphatic carbocycles. The van der Waals surface area contributed by atoms with E-state index in [9.17, 15) is 4.11 Å². The summed E-state index contributed by atoms with van der Waals surface area (Å²) in [4.78, 5) is 4.48. The summed E-state index contributed by atoms with van der Waals surface area (Å²) in [5.41, 5.74) is 7.62. The second-order valence-corrected chi connectivity index (χ2v) is 16.0. The fourth-order valence-electron chi connectivity index (χ4n) is 10.8. The average Bonchev–Trinajstić information content (AvgIpc) is 3.74. The largest absolute Gasteiger partial charge is 0.468 e. The molecule has 0 N–H and O–H groups in total. The summed E-state index contributed by atoms with van der Waals surface area (Å²) < 4.78 is 45.1. The number of furan rings is 1. The molecule has 2 aliphatic rings. The second kappa shape index (κ2) is 11.9. The van der Waals surface area contributed by atoms with Gasteiger partial charge in [-0.1, -0.05) is 158 Å². The SMILES string of the molecule is [2H]c1c([2H])c([2H])c2c(c1[2H])B1c3oc4ccccc4c3N(c3cccc4c5ccccc5c5ccccc5c34)c3cccc(c31)N2c1cccc2c3ccccc3c3ccccc3c12. The number of hydrogen-bond acceptors (Lipinski definition) is 3. The van der Waals surface area contributed by atoms with Gasteiger partial charge in [-0.15, -0.1) is 0 Å². The first-order valence-electron chi connectivity index (χ1n) is 22.5. The van der Waals surface area contributed by atoms with Crippen molar-refractivity contribution in [2.24, 2.45) is 0 Å². The summed E-state index contributed by atoms with van der Waals surface area (Å²) in [6, 6.07) is 60.9. The third kappa shape index (κ3) is 4.09. The standard InChI is InChI=1S/C56H33BN2O/c1-3-18-38-34(16-1)36-20-5-7-22-40(36)52-42(38)25-13-29-47(52)58-46-28-11-10-27-45(46)57-54-49(58)31-15-32-50(54)59(55-44-24-9-12-33-51(44)60-56(55)57)48-30-14-26-43-39-19-4-2-17-35(39)37-21-6-8-23-41(37)53(43)48/h1-33H/i10D,11D,27D,28D. The first kappa shape index (κ1) is 28.6. The highest BCUT2D eigenvalue weighted by molar-refractivity contribution is 7.00. The molecule has 0 radical (unpaired) electrons. The first-order chi connectivity index (χ1) is 31.5. The zero-order chi connectivity index (χ0) is 42.5. The van der Waals surface area contributed by atoms with E-state index in [-0.39, 0.29) is 24.2 Å². The molecule has 60 heavy (non-hydrogen) atoms. The lowest BCUT2D eigenvalue weighted by Crippen LogP contribution is -2.60. The molecule has 12 aromatic rings. The third-order valence-electron chi connectivity index (χ3n) is 13.1. The van der Waals surface area contributed by atoms with Crippen molar-refractivity contribution in [3.05, 3.63) is 200 Å². The van der Waals surface area contributed by atoms with Crippen LogP contribution < -0.4 is 26.4 Å². The topological polar surface area (TPSA) is 19.6 Å². The molecule has 11 aromatic carbocycles. The van der Waals surface area contributed by atoms with Gasteiger partial charge in [-0.05, 0) is 107 Å². The summed E-state index contributed by atoms with van der Waals surface area (Å²) in [5, 5.41) is 14.4. The van der Waals surface area contributed by atoms with E-state index in [4.69, 9.17) is 5.79 Å². The van der Waals surface area contributed by atoms with Crippen molar-refractivity contribution in [1.82, 2.24) is 0 Å². The van der Waals surface area contributed by atoms with E-state index >= 15 is 0 Å². The molecule has 0 fully saturated rings. The van der Waals surface area contributed by atoms with Crippen LogP contribution in [0.25, 0.3) is 75.6 Å². The number of hydrogen-bond donors (Lipinski definition) is 0. The van der Waals surface area contributed by atoms with Crippen molar-refractivity contribution in [1.29, 1.82) is 0 Å². The lowest BCUT2D eigenvalue weighted by molar-refractivity contribution is 0.651. The highest BCUT2D eigenvalue weighted by atomic mass is 16.3. The van der Waals surface area contributed by atoms with Gasteiger partial charge in [0.15, 0.2) is 0 Å². The van der Waals surface area contributed by atoms with E-state index in [0.29, 0.717) is 22.4 Å². The minimum Gasteiger partial charge on any atom is -0.468 e. The van der Waals surface area contributed by atoms with E-state index in [1.807, 2.05) is 18.2 Å². The van der Waals surface area contributed by atoms with Gasteiger partial charge in [0.25, 0.3) is 6.71 Å². The molecule has 276 valence electrons. The molecule has 0 unspecified atom stereocenters. The predicted octanol–water partition coefficient (Wildman–Crippen LogP) is 13.4. The smallest absolute Gasteiger partial charge is 0.297 e. The Kier molecular flexibility index (Phi) is 5.65. The summed E-state index contributed by atoms with van der Waals surface area (Å²) in [6.07, 6.45) is 0. The summed E-state index contributed by atoms with van der Waals surface area (Å²) >= 11 is 0. The van der Waals surface area contributed by atoms with E-state index in [1.54, 1.807) is 0 Å². The van der Waals surface area contributed by atoms with Gasteiger partial charge in [-0.25, -0.2) is 0 Å². The van der Waals surface area contributed by atoms with Gasteiger partial charge in [-0.3, -0.25) is 0 Å². The van der Waals surface area contributed by atoms with Crippen LogP contribution in [-0.2, 0) is 0 Å². The Morgan fingerprint density at radius 2 is 0.767 bits per heavy atom. The fraction of sp³-hybridized carbons (Fsp3) is 0. The number of nitrogens with zero attached hydrogens (tertiary/aromatic N) is 2. The summed E-state index contributed by atoms with van der Waals surface area (Å²) in [7, 11) is 0. The van der Waals surface area contributed by atoms with Gasteiger partial charge in [0.2, 0.25) is 0 Å². The summed E-state index contributed by atoms with van der Waals surface area (Å²) in [6.45, 7) is -0.655. The molecule has 0 saturated carbocycles. The van der Waals surface area contributed by atoms with Crippen molar-refractivity contribution in [2.75, 3.05) is 9.80 Å². The van der Waals surface area contributed by atoms with Gasteiger partial charge in [-0.2, -0.15) is 0 Å². The van der Waals surface area contributed by atoms with Crippen LogP contribution in [0.15, 0.2) is 205 Å². The summed E-state index contributed by atoms with van der Waals surface area (Å²) in [5.74, 6) is 0. The Balaban J connectivity index is 1.16. The molecular weight excluding hydrogens is 727 g/mol. The maximum absolute atomic E-state index is 9.83. The second-order valence-electron chi connectivity index (χ2n) is 16.0. The minimum absolute atomic E-state index is 0.0792. The third-order valence-corrected chi connectivity index (χ3v) is 13.1. The Labute approximate surface area is 351 Å². The molecule has 0 spiro atoms. The van der Waals surface area contributed by atoms with Crippen molar-refractivity contribution in [2.45, 2.75) is 0 Å². The van der Waals surface area contributed by atoms with Gasteiger partial charge < -0.3 is 14.2 Å². The molecule has 0 saturated heterocycles. The molecule has 3 nitrogen and oxygen atoms in total. The quantitative estimate of drug-likeness (QED) is 0.129. The zero-order valence-electron chi connectivity index (χ0n) is 36.1. The fourth-order valence-corrected chi connectivity index (χ4v) is 10.8. The van der Waals surface area contributed by atoms with Crippen molar-refractivity contribution < 1.29 is 9.90 Å². The maximum atomic E-state index is 9.83. The number of anilines is 6. The van der Waals surface area contributed by atoms with Crippen molar-refractivity contribution in [3.63, 3.8) is 0 Å². The monoisotopic (exact) mass is 764 g/mol. The van der Waals surface area contributed by atoms with E-state index < -0.39 is 6.71 Å². The van der Waals surface area contributed by atoms with Crippen LogP contribution in [0, 0.1) is 0 Å². The molecule has 1 aromatic heterocycles. The molecule has 4 heteroatoms. The average molecular weight is 765 g/mol. The van der Waals surface area contributed by atoms with Crippen molar-refractivity contribution >= 4 is 133 Å². The maximum Gasteiger partial charge on any atom is 0.297 e. The van der Waals surface area contributed by atoms with Gasteiger partial charge in [0.1, 0.15) is 5.58 Å². The zero-order valence-corrected chi connectivity index (χ0v) is 32.1. The van der Waals surface area contributed by atoms with Gasteiger partial charge in [0.05, 0.1) is 28.2 Å². The number of fused-ring (bicyclic) bond motifs is 18. The predicted molar refractivity (Wildman–Crippen MR) is 255 cm³/mol. The highest BCUT2D eigenvalue weighted by Crippen LogP contribution is 2.51. The lowest BCUT2D eigenvalue weighted by atomic mass is 9.35. The van der Waals surface area contributed by atoms with Crippen LogP contribution >= 0.6 is 0 Å². The molecule has 3 heterocycles. The Morgan fingerprint density at radius 3 is 1.33 bits per heavy atom. The molecule has 0 bridgehead atoms. The molecule has 0 atom stereocenters. The number of rotatable bonds is 2. The number of benzene rings is 11. The van der Waals surface area contributed by atoms with E-state index in [0.717, 1.165) is 87.8 Å². The van der Waals surface area contributed by atoms with Crippen molar-refractivity contribution in [3.8, 4) is 0 Å². The van der Waals surface area contributed by atoms with Crippen LogP contribution in [0.5, 0.6) is 0 Å². The Morgan fingerprint density at radius 1 is 0.367 bits per heavy atom. The van der Waals surface area contributed by atoms with Gasteiger partial charge >= 0.3 is 0 Å². The van der Waals surface area contributed by atoms with Crippen LogP contribution in [0.2, 0.25) is 0 Å². The Bertz CT molecular complexity index is 3980. The van der Waals surface area contributed by atoms with Crippen LogP contribution in [-0.4, -0.2) is 6.71 Å². The molecule has 14 rings (SSSR count). The first-order valence-corrected chi connectivity index (χ1v) is 20.5. The molecular formula is C56H33BN2O. The van der Waals surface area contributed by atoms with Gasteiger partial charge in [0, 0.05) is 33.2 Å². The lowest BCUT2D eigenvalue weighted by Gasteiger charge is -2.42. The highest BCUT2D eigenvalue weighted by Gasteiger charge is 2.46. The molecule has 2 aliphatic heterocycles. The normalized spacial score (nSPS) is 14.2.